The van der Waals surface area contributed by atoms with Crippen molar-refractivity contribution in [3.8, 4) is 17.0 Å². The number of fused-ring (bicyclic) bond motifs is 3. The van der Waals surface area contributed by atoms with Crippen LogP contribution in [0, 0.1) is 0 Å². The maximum absolute atomic E-state index is 13.7. The Bertz CT molecular complexity index is 1240. The third-order valence-corrected chi connectivity index (χ3v) is 5.07. The predicted octanol–water partition coefficient (Wildman–Crippen LogP) is 3.44. The van der Waals surface area contributed by atoms with Gasteiger partial charge >= 0.3 is 5.69 Å². The molecule has 2 N–H and O–H groups in total. The summed E-state index contributed by atoms with van der Waals surface area (Å²) in [7, 11) is 1.53. The van der Waals surface area contributed by atoms with Gasteiger partial charge in [0.05, 0.1) is 18.3 Å². The van der Waals surface area contributed by atoms with E-state index in [9.17, 15) is 18.4 Å². The Kier molecular flexibility index (Phi) is 3.80. The van der Waals surface area contributed by atoms with Gasteiger partial charge in [0.25, 0.3) is 12.0 Å². The van der Waals surface area contributed by atoms with E-state index in [0.717, 1.165) is 11.3 Å². The summed E-state index contributed by atoms with van der Waals surface area (Å²) in [5, 5.41) is 0.0976. The van der Waals surface area contributed by atoms with Gasteiger partial charge in [0.2, 0.25) is 0 Å². The average molecular weight is 375 g/mol. The SMILES string of the molecule is COc1ccc(-c2cc(C(F)F)c3c(n2)sc2c(=O)[nH]c(=O)[nH]c23)cc1. The van der Waals surface area contributed by atoms with Gasteiger partial charge in [-0.2, -0.15) is 0 Å². The molecule has 4 rings (SSSR count). The Morgan fingerprint density at radius 2 is 1.88 bits per heavy atom. The fraction of sp³-hybridized carbons (Fsp3) is 0.118. The number of thiophene rings is 1. The predicted molar refractivity (Wildman–Crippen MR) is 95.3 cm³/mol. The zero-order valence-electron chi connectivity index (χ0n) is 13.3. The van der Waals surface area contributed by atoms with E-state index in [1.54, 1.807) is 24.3 Å². The molecule has 0 saturated heterocycles. The monoisotopic (exact) mass is 375 g/mol. The Morgan fingerprint density at radius 3 is 2.54 bits per heavy atom. The molecule has 3 aromatic heterocycles. The van der Waals surface area contributed by atoms with Crippen LogP contribution in [-0.2, 0) is 0 Å². The van der Waals surface area contributed by atoms with E-state index in [2.05, 4.69) is 15.0 Å². The number of methoxy groups -OCH3 is 1. The minimum atomic E-state index is -2.79. The third kappa shape index (κ3) is 2.57. The minimum Gasteiger partial charge on any atom is -0.497 e. The molecule has 0 aliphatic heterocycles. The molecule has 9 heteroatoms. The molecule has 0 atom stereocenters. The van der Waals surface area contributed by atoms with Crippen LogP contribution in [0.3, 0.4) is 0 Å². The number of H-pyrrole nitrogens is 2. The van der Waals surface area contributed by atoms with Gasteiger partial charge in [0.15, 0.2) is 0 Å². The first-order valence-electron chi connectivity index (χ1n) is 7.50. The quantitative estimate of drug-likeness (QED) is 0.574. The van der Waals surface area contributed by atoms with Crippen LogP contribution in [0.5, 0.6) is 5.75 Å². The van der Waals surface area contributed by atoms with Crippen molar-refractivity contribution < 1.29 is 13.5 Å². The molecule has 0 aliphatic carbocycles. The fourth-order valence-electron chi connectivity index (χ4n) is 2.79. The molecule has 6 nitrogen and oxygen atoms in total. The summed E-state index contributed by atoms with van der Waals surface area (Å²) in [6, 6.07) is 8.11. The normalized spacial score (nSPS) is 11.5. The number of pyridine rings is 1. The molecule has 0 aliphatic rings. The molecule has 26 heavy (non-hydrogen) atoms. The largest absolute Gasteiger partial charge is 0.497 e. The van der Waals surface area contributed by atoms with Crippen molar-refractivity contribution in [1.29, 1.82) is 0 Å². The average Bonchev–Trinajstić information content (AvgIpc) is 3.00. The molecule has 0 spiro atoms. The van der Waals surface area contributed by atoms with Crippen molar-refractivity contribution in [1.82, 2.24) is 15.0 Å². The summed E-state index contributed by atoms with van der Waals surface area (Å²) in [6.07, 6.45) is -2.79. The van der Waals surface area contributed by atoms with Gasteiger partial charge in [-0.15, -0.1) is 11.3 Å². The maximum Gasteiger partial charge on any atom is 0.326 e. The second-order valence-electron chi connectivity index (χ2n) is 5.52. The summed E-state index contributed by atoms with van der Waals surface area (Å²) in [5.74, 6) is 0.634. The van der Waals surface area contributed by atoms with Crippen LogP contribution in [0.15, 0.2) is 39.9 Å². The molecule has 0 saturated carbocycles. The number of nitrogens with one attached hydrogen (secondary N) is 2. The smallest absolute Gasteiger partial charge is 0.326 e. The molecule has 4 aromatic rings. The Labute approximate surface area is 148 Å². The molecule has 0 radical (unpaired) electrons. The summed E-state index contributed by atoms with van der Waals surface area (Å²) < 4.78 is 32.6. The number of nitrogens with zero attached hydrogens (tertiary/aromatic N) is 1. The highest BCUT2D eigenvalue weighted by atomic mass is 32.1. The lowest BCUT2D eigenvalue weighted by Crippen LogP contribution is -2.20. The fourth-order valence-corrected chi connectivity index (χ4v) is 3.85. The molecule has 1 aromatic carbocycles. The summed E-state index contributed by atoms with van der Waals surface area (Å²) >= 11 is 0.962. The highest BCUT2D eigenvalue weighted by molar-refractivity contribution is 7.25. The number of halogens is 2. The van der Waals surface area contributed by atoms with E-state index < -0.39 is 17.7 Å². The lowest BCUT2D eigenvalue weighted by Gasteiger charge is -2.07. The lowest BCUT2D eigenvalue weighted by molar-refractivity contribution is 0.153. The van der Waals surface area contributed by atoms with E-state index in [0.29, 0.717) is 17.0 Å². The lowest BCUT2D eigenvalue weighted by atomic mass is 10.1. The van der Waals surface area contributed by atoms with Gasteiger partial charge < -0.3 is 9.72 Å². The van der Waals surface area contributed by atoms with E-state index in [-0.39, 0.29) is 26.0 Å². The van der Waals surface area contributed by atoms with E-state index in [1.165, 1.54) is 13.2 Å². The second kappa shape index (κ2) is 6.03. The van der Waals surface area contributed by atoms with Crippen LogP contribution in [0.4, 0.5) is 8.78 Å². The van der Waals surface area contributed by atoms with Crippen molar-refractivity contribution in [2.75, 3.05) is 7.11 Å². The number of rotatable bonds is 3. The van der Waals surface area contributed by atoms with E-state index in [1.807, 2.05) is 0 Å². The number of benzene rings is 1. The number of hydrogen-bond donors (Lipinski definition) is 2. The number of hydrogen-bond acceptors (Lipinski definition) is 5. The zero-order valence-corrected chi connectivity index (χ0v) is 14.1. The van der Waals surface area contributed by atoms with Gasteiger partial charge in [0.1, 0.15) is 15.3 Å². The molecule has 132 valence electrons. The van der Waals surface area contributed by atoms with Crippen molar-refractivity contribution in [3.05, 3.63) is 56.7 Å². The van der Waals surface area contributed by atoms with Gasteiger partial charge in [-0.05, 0) is 30.3 Å². The van der Waals surface area contributed by atoms with Gasteiger partial charge in [-0.1, -0.05) is 0 Å². The number of aromatic amines is 2. The Balaban J connectivity index is 2.05. The van der Waals surface area contributed by atoms with Crippen molar-refractivity contribution >= 4 is 31.8 Å². The molecular formula is C17H11F2N3O3S. The van der Waals surface area contributed by atoms with Gasteiger partial charge in [0, 0.05) is 16.5 Å². The van der Waals surface area contributed by atoms with E-state index >= 15 is 0 Å². The first-order valence-corrected chi connectivity index (χ1v) is 8.32. The third-order valence-electron chi connectivity index (χ3n) is 3.99. The molecule has 0 bridgehead atoms. The Morgan fingerprint density at radius 1 is 1.15 bits per heavy atom. The van der Waals surface area contributed by atoms with Crippen LogP contribution >= 0.6 is 11.3 Å². The van der Waals surface area contributed by atoms with Crippen molar-refractivity contribution in [3.63, 3.8) is 0 Å². The van der Waals surface area contributed by atoms with Crippen molar-refractivity contribution in [2.45, 2.75) is 6.43 Å². The topological polar surface area (TPSA) is 87.8 Å². The highest BCUT2D eigenvalue weighted by Crippen LogP contribution is 2.38. The molecular weight excluding hydrogens is 364 g/mol. The Hall–Kier alpha value is -3.07. The highest BCUT2D eigenvalue weighted by Gasteiger charge is 2.21. The number of ether oxygens (including phenoxy) is 1. The van der Waals surface area contributed by atoms with Crippen molar-refractivity contribution in [2.24, 2.45) is 0 Å². The van der Waals surface area contributed by atoms with Crippen LogP contribution in [0.1, 0.15) is 12.0 Å². The standard InChI is InChI=1S/C17H11F2N3O3S/c1-25-8-4-2-7(3-5-8)10-6-9(14(18)19)11-12-13(26-16(11)20-10)15(23)22-17(24)21-12/h2-6,14H,1H3,(H2,21,22,23,24). The van der Waals surface area contributed by atoms with Gasteiger partial charge in [-0.25, -0.2) is 18.6 Å². The zero-order chi connectivity index (χ0) is 18.4. The number of aromatic nitrogens is 3. The van der Waals surface area contributed by atoms with Crippen LogP contribution in [0.2, 0.25) is 0 Å². The summed E-state index contributed by atoms with van der Waals surface area (Å²) in [5.41, 5.74) is -0.592. The minimum absolute atomic E-state index is 0.0860. The van der Waals surface area contributed by atoms with Crippen LogP contribution in [-0.4, -0.2) is 22.1 Å². The first kappa shape index (κ1) is 16.4. The molecule has 0 unspecified atom stereocenters. The van der Waals surface area contributed by atoms with Crippen LogP contribution < -0.4 is 16.0 Å². The van der Waals surface area contributed by atoms with Crippen LogP contribution in [0.25, 0.3) is 31.7 Å². The van der Waals surface area contributed by atoms with E-state index in [4.69, 9.17) is 4.74 Å². The van der Waals surface area contributed by atoms with Gasteiger partial charge in [-0.3, -0.25) is 9.78 Å². The number of alkyl halides is 2. The first-order chi connectivity index (χ1) is 12.5. The second-order valence-corrected chi connectivity index (χ2v) is 6.52. The maximum atomic E-state index is 13.7. The summed E-state index contributed by atoms with van der Waals surface area (Å²) in [6.45, 7) is 0. The summed E-state index contributed by atoms with van der Waals surface area (Å²) in [4.78, 5) is 32.7. The molecule has 0 fully saturated rings. The molecule has 0 amide bonds. The molecule has 3 heterocycles.